The third-order valence-electron chi connectivity index (χ3n) is 3.87. The lowest BCUT2D eigenvalue weighted by molar-refractivity contribution is 0.0875. The Morgan fingerprint density at radius 2 is 1.67 bits per heavy atom. The third kappa shape index (κ3) is 2.73. The monoisotopic (exact) mass is 302 g/mol. The molecule has 2 atom stereocenters. The lowest BCUT2D eigenvalue weighted by atomic mass is 9.94. The van der Waals surface area contributed by atoms with Crippen LogP contribution in [0.1, 0.15) is 27.6 Å². The number of alkyl halides is 1. The molecule has 0 bridgehead atoms. The highest BCUT2D eigenvalue weighted by atomic mass is 35.5. The molecule has 110 valence electrons. The normalized spacial score (nSPS) is 18.4. The SMILES string of the molecule is Cc1cc(C)c(C(Cl)C2COc3ccccc3O2)c(C)c1. The number of benzene rings is 2. The molecule has 0 N–H and O–H groups in total. The molecule has 3 rings (SSSR count). The first-order valence-corrected chi connectivity index (χ1v) is 7.60. The molecule has 2 aromatic carbocycles. The number of rotatable bonds is 2. The fourth-order valence-corrected chi connectivity index (χ4v) is 3.46. The van der Waals surface area contributed by atoms with Gasteiger partial charge in [0.1, 0.15) is 6.61 Å². The highest BCUT2D eigenvalue weighted by molar-refractivity contribution is 6.21. The number of para-hydroxylation sites is 2. The second-order valence-corrected chi connectivity index (χ2v) is 6.10. The van der Waals surface area contributed by atoms with Crippen LogP contribution in [0.25, 0.3) is 0 Å². The van der Waals surface area contributed by atoms with E-state index in [1.165, 1.54) is 16.7 Å². The molecular weight excluding hydrogens is 284 g/mol. The molecule has 0 fully saturated rings. The zero-order valence-electron chi connectivity index (χ0n) is 12.5. The molecule has 0 saturated carbocycles. The van der Waals surface area contributed by atoms with Gasteiger partial charge in [-0.3, -0.25) is 0 Å². The van der Waals surface area contributed by atoms with E-state index in [4.69, 9.17) is 21.1 Å². The summed E-state index contributed by atoms with van der Waals surface area (Å²) in [5, 5.41) is -0.223. The average Bonchev–Trinajstić information content (AvgIpc) is 2.45. The predicted molar refractivity (Wildman–Crippen MR) is 85.6 cm³/mol. The topological polar surface area (TPSA) is 18.5 Å². The van der Waals surface area contributed by atoms with Crippen LogP contribution in [0.5, 0.6) is 11.5 Å². The maximum atomic E-state index is 6.71. The van der Waals surface area contributed by atoms with Crippen molar-refractivity contribution in [1.29, 1.82) is 0 Å². The average molecular weight is 303 g/mol. The van der Waals surface area contributed by atoms with E-state index in [1.54, 1.807) is 0 Å². The molecule has 1 aliphatic heterocycles. The van der Waals surface area contributed by atoms with Crippen molar-refractivity contribution in [3.05, 3.63) is 58.7 Å². The van der Waals surface area contributed by atoms with Crippen molar-refractivity contribution in [3.8, 4) is 11.5 Å². The molecule has 2 unspecified atom stereocenters. The van der Waals surface area contributed by atoms with Gasteiger partial charge in [-0.05, 0) is 49.6 Å². The van der Waals surface area contributed by atoms with Gasteiger partial charge in [-0.1, -0.05) is 29.8 Å². The van der Waals surface area contributed by atoms with Crippen LogP contribution in [0.2, 0.25) is 0 Å². The van der Waals surface area contributed by atoms with Crippen LogP contribution in [0, 0.1) is 20.8 Å². The molecule has 0 radical (unpaired) electrons. The molecule has 0 amide bonds. The Labute approximate surface area is 130 Å². The maximum absolute atomic E-state index is 6.71. The maximum Gasteiger partial charge on any atom is 0.161 e. The predicted octanol–water partition coefficient (Wildman–Crippen LogP) is 4.73. The van der Waals surface area contributed by atoms with E-state index in [0.717, 1.165) is 17.1 Å². The molecule has 21 heavy (non-hydrogen) atoms. The largest absolute Gasteiger partial charge is 0.486 e. The van der Waals surface area contributed by atoms with Crippen molar-refractivity contribution < 1.29 is 9.47 Å². The van der Waals surface area contributed by atoms with Crippen LogP contribution in [-0.2, 0) is 0 Å². The van der Waals surface area contributed by atoms with Crippen molar-refractivity contribution in [3.63, 3.8) is 0 Å². The molecule has 3 heteroatoms. The molecule has 0 saturated heterocycles. The Morgan fingerprint density at radius 1 is 1.05 bits per heavy atom. The van der Waals surface area contributed by atoms with E-state index in [-0.39, 0.29) is 11.5 Å². The minimum absolute atomic E-state index is 0.179. The Balaban J connectivity index is 1.89. The van der Waals surface area contributed by atoms with Crippen LogP contribution in [0.4, 0.5) is 0 Å². The fraction of sp³-hybridized carbons (Fsp3) is 0.333. The zero-order chi connectivity index (χ0) is 15.0. The summed E-state index contributed by atoms with van der Waals surface area (Å²) in [7, 11) is 0. The van der Waals surface area contributed by atoms with Gasteiger partial charge in [-0.25, -0.2) is 0 Å². The van der Waals surface area contributed by atoms with E-state index >= 15 is 0 Å². The van der Waals surface area contributed by atoms with Crippen molar-refractivity contribution in [1.82, 2.24) is 0 Å². The quantitative estimate of drug-likeness (QED) is 0.747. The Bertz CT molecular complexity index is 643. The van der Waals surface area contributed by atoms with Gasteiger partial charge in [0.2, 0.25) is 0 Å². The van der Waals surface area contributed by atoms with Crippen molar-refractivity contribution in [2.75, 3.05) is 6.61 Å². The summed E-state index contributed by atoms with van der Waals surface area (Å²) in [5.74, 6) is 1.55. The summed E-state index contributed by atoms with van der Waals surface area (Å²) < 4.78 is 11.8. The van der Waals surface area contributed by atoms with Gasteiger partial charge >= 0.3 is 0 Å². The van der Waals surface area contributed by atoms with Crippen molar-refractivity contribution >= 4 is 11.6 Å². The molecule has 0 aliphatic carbocycles. The summed E-state index contributed by atoms with van der Waals surface area (Å²) in [6.07, 6.45) is -0.179. The first-order valence-electron chi connectivity index (χ1n) is 7.16. The van der Waals surface area contributed by atoms with E-state index in [9.17, 15) is 0 Å². The van der Waals surface area contributed by atoms with Gasteiger partial charge in [-0.15, -0.1) is 11.6 Å². The van der Waals surface area contributed by atoms with Crippen molar-refractivity contribution in [2.24, 2.45) is 0 Å². The lowest BCUT2D eigenvalue weighted by Crippen LogP contribution is -2.33. The number of hydrogen-bond donors (Lipinski definition) is 0. The summed E-state index contributed by atoms with van der Waals surface area (Å²) in [5.41, 5.74) is 4.81. The number of hydrogen-bond acceptors (Lipinski definition) is 2. The van der Waals surface area contributed by atoms with E-state index in [2.05, 4.69) is 32.9 Å². The molecule has 1 heterocycles. The smallest absolute Gasteiger partial charge is 0.161 e. The van der Waals surface area contributed by atoms with Crippen LogP contribution in [0.3, 0.4) is 0 Å². The van der Waals surface area contributed by atoms with Gasteiger partial charge < -0.3 is 9.47 Å². The van der Waals surface area contributed by atoms with Gasteiger partial charge in [0, 0.05) is 0 Å². The number of fused-ring (bicyclic) bond motifs is 1. The van der Waals surface area contributed by atoms with Crippen LogP contribution < -0.4 is 9.47 Å². The third-order valence-corrected chi connectivity index (χ3v) is 4.37. The van der Waals surface area contributed by atoms with E-state index in [1.807, 2.05) is 24.3 Å². The minimum Gasteiger partial charge on any atom is -0.486 e. The van der Waals surface area contributed by atoms with Gasteiger partial charge in [0.25, 0.3) is 0 Å². The molecular formula is C18H19ClO2. The number of halogens is 1. The summed E-state index contributed by atoms with van der Waals surface area (Å²) >= 11 is 6.71. The summed E-state index contributed by atoms with van der Waals surface area (Å²) in [6, 6.07) is 12.0. The minimum atomic E-state index is -0.223. The van der Waals surface area contributed by atoms with Crippen molar-refractivity contribution in [2.45, 2.75) is 32.3 Å². The second-order valence-electron chi connectivity index (χ2n) is 5.63. The summed E-state index contributed by atoms with van der Waals surface area (Å²) in [6.45, 7) is 6.77. The van der Waals surface area contributed by atoms with Crippen LogP contribution in [0.15, 0.2) is 36.4 Å². The highest BCUT2D eigenvalue weighted by Crippen LogP contribution is 2.38. The first-order chi connectivity index (χ1) is 10.1. The van der Waals surface area contributed by atoms with Gasteiger partial charge in [0.05, 0.1) is 5.38 Å². The summed E-state index contributed by atoms with van der Waals surface area (Å²) in [4.78, 5) is 0. The standard InChI is InChI=1S/C18H19ClO2/c1-11-8-12(2)17(13(3)9-11)18(19)16-10-20-14-6-4-5-7-15(14)21-16/h4-9,16,18H,10H2,1-3H3. The molecule has 0 spiro atoms. The first kappa shape index (κ1) is 14.3. The van der Waals surface area contributed by atoms with Gasteiger partial charge in [0.15, 0.2) is 17.6 Å². The lowest BCUT2D eigenvalue weighted by Gasteiger charge is -2.30. The molecule has 2 nitrogen and oxygen atoms in total. The number of ether oxygens (including phenoxy) is 2. The fourth-order valence-electron chi connectivity index (χ4n) is 2.99. The highest BCUT2D eigenvalue weighted by Gasteiger charge is 2.30. The Kier molecular flexibility index (Phi) is 3.81. The number of aryl methyl sites for hydroxylation is 3. The van der Waals surface area contributed by atoms with E-state index < -0.39 is 0 Å². The molecule has 1 aliphatic rings. The second kappa shape index (κ2) is 5.61. The van der Waals surface area contributed by atoms with E-state index in [0.29, 0.717) is 6.61 Å². The van der Waals surface area contributed by atoms with Crippen LogP contribution >= 0.6 is 11.6 Å². The Hall–Kier alpha value is -1.67. The van der Waals surface area contributed by atoms with Gasteiger partial charge in [-0.2, -0.15) is 0 Å². The Morgan fingerprint density at radius 3 is 2.33 bits per heavy atom. The van der Waals surface area contributed by atoms with Crippen LogP contribution in [-0.4, -0.2) is 12.7 Å². The molecule has 0 aromatic heterocycles. The zero-order valence-corrected chi connectivity index (χ0v) is 13.3. The molecule has 2 aromatic rings.